The van der Waals surface area contributed by atoms with Gasteiger partial charge in [-0.1, -0.05) is 6.07 Å². The van der Waals surface area contributed by atoms with Crippen LogP contribution in [0.25, 0.3) is 11.4 Å². The average molecular weight is 480 g/mol. The zero-order valence-corrected chi connectivity index (χ0v) is 18.1. The van der Waals surface area contributed by atoms with E-state index in [4.69, 9.17) is 0 Å². The third-order valence-electron chi connectivity index (χ3n) is 6.96. The van der Waals surface area contributed by atoms with E-state index in [-0.39, 0.29) is 34.8 Å². The summed E-state index contributed by atoms with van der Waals surface area (Å²) in [7, 11) is 0. The first-order valence-electron chi connectivity index (χ1n) is 10.3. The van der Waals surface area contributed by atoms with E-state index in [9.17, 15) is 9.18 Å². The fourth-order valence-electron chi connectivity index (χ4n) is 5.52. The first kappa shape index (κ1) is 18.9. The van der Waals surface area contributed by atoms with Gasteiger partial charge in [0.25, 0.3) is 5.91 Å². The van der Waals surface area contributed by atoms with Crippen LogP contribution in [0.4, 0.5) is 10.2 Å². The lowest BCUT2D eigenvalue weighted by molar-refractivity contribution is 0.0472. The predicted molar refractivity (Wildman–Crippen MR) is 117 cm³/mol. The fourth-order valence-corrected chi connectivity index (χ4v) is 5.76. The Hall–Kier alpha value is -2.87. The number of nitrogens with one attached hydrogen (secondary N) is 1. The first-order chi connectivity index (χ1) is 15.1. The van der Waals surface area contributed by atoms with Crippen LogP contribution in [0.1, 0.15) is 23.2 Å². The van der Waals surface area contributed by atoms with Gasteiger partial charge in [0.05, 0.1) is 17.2 Å². The number of anilines is 1. The third kappa shape index (κ3) is 2.88. The van der Waals surface area contributed by atoms with Crippen LogP contribution in [-0.4, -0.2) is 44.4 Å². The third-order valence-corrected chi connectivity index (χ3v) is 7.43. The summed E-state index contributed by atoms with van der Waals surface area (Å²) in [5.74, 6) is 0.906. The van der Waals surface area contributed by atoms with E-state index in [1.807, 2.05) is 17.0 Å². The van der Waals surface area contributed by atoms with Gasteiger partial charge in [-0.25, -0.2) is 19.3 Å². The number of carbonyl (C=O) groups excluding carboxylic acids is 1. The molecule has 1 aliphatic heterocycles. The number of likely N-dealkylation sites (tertiary alicyclic amines) is 1. The van der Waals surface area contributed by atoms with Gasteiger partial charge in [-0.15, -0.1) is 0 Å². The van der Waals surface area contributed by atoms with Gasteiger partial charge in [0.2, 0.25) is 0 Å². The van der Waals surface area contributed by atoms with Crippen LogP contribution < -0.4 is 5.32 Å². The van der Waals surface area contributed by atoms with Crippen LogP contribution in [0.2, 0.25) is 0 Å². The molecule has 4 unspecified atom stereocenters. The molecule has 3 aromatic rings. The first-order valence-corrected chi connectivity index (χ1v) is 11.1. The van der Waals surface area contributed by atoms with Crippen LogP contribution in [0.3, 0.4) is 0 Å². The van der Waals surface area contributed by atoms with Crippen LogP contribution in [-0.2, 0) is 0 Å². The van der Waals surface area contributed by atoms with Gasteiger partial charge in [-0.05, 0) is 70.4 Å². The summed E-state index contributed by atoms with van der Waals surface area (Å²) in [5, 5.41) is 3.50. The minimum atomic E-state index is -0.488. The van der Waals surface area contributed by atoms with Crippen molar-refractivity contribution in [3.05, 3.63) is 70.8 Å². The van der Waals surface area contributed by atoms with Crippen molar-refractivity contribution in [3.8, 4) is 11.4 Å². The predicted octanol–water partition coefficient (Wildman–Crippen LogP) is 4.16. The van der Waals surface area contributed by atoms with Gasteiger partial charge in [0.1, 0.15) is 11.6 Å². The van der Waals surface area contributed by atoms with E-state index in [1.54, 1.807) is 36.8 Å². The van der Waals surface area contributed by atoms with Gasteiger partial charge in [0, 0.05) is 35.6 Å². The second-order valence-electron chi connectivity index (χ2n) is 8.59. The number of aromatic nitrogens is 3. The zero-order chi connectivity index (χ0) is 21.2. The molecule has 2 aromatic heterocycles. The van der Waals surface area contributed by atoms with Gasteiger partial charge in [0.15, 0.2) is 5.82 Å². The highest BCUT2D eigenvalue weighted by molar-refractivity contribution is 9.10. The number of halogens is 2. The highest BCUT2D eigenvalue weighted by Gasteiger charge is 2.75. The molecule has 31 heavy (non-hydrogen) atoms. The van der Waals surface area contributed by atoms with Crippen molar-refractivity contribution in [1.29, 1.82) is 0 Å². The molecule has 1 N–H and O–H groups in total. The standard InChI is InChI=1S/C23H19BrFN5O/c24-14-5-6-18(28-11-14)29-17-10-23-9-13(23)12-30(20(17)23)22(31)15-3-1-4-16(25)19(15)21-26-7-2-8-27-21/h1-8,11,13,17,20H,9-10,12H2,(H,28,29). The van der Waals surface area contributed by atoms with E-state index < -0.39 is 5.82 Å². The van der Waals surface area contributed by atoms with E-state index in [2.05, 4.69) is 36.2 Å². The Bertz CT molecular complexity index is 1170. The van der Waals surface area contributed by atoms with Crippen LogP contribution in [0, 0.1) is 17.2 Å². The molecule has 2 saturated carbocycles. The van der Waals surface area contributed by atoms with Crippen LogP contribution in [0.5, 0.6) is 0 Å². The van der Waals surface area contributed by atoms with Crippen molar-refractivity contribution in [1.82, 2.24) is 19.9 Å². The number of benzene rings is 1. The molecule has 4 atom stereocenters. The highest BCUT2D eigenvalue weighted by Crippen LogP contribution is 2.71. The molecule has 3 aliphatic rings. The summed E-state index contributed by atoms with van der Waals surface area (Å²) >= 11 is 3.41. The van der Waals surface area contributed by atoms with Crippen molar-refractivity contribution < 1.29 is 9.18 Å². The molecule has 1 saturated heterocycles. The maximum Gasteiger partial charge on any atom is 0.255 e. The second-order valence-corrected chi connectivity index (χ2v) is 9.50. The number of hydrogen-bond donors (Lipinski definition) is 1. The second kappa shape index (κ2) is 6.82. The van der Waals surface area contributed by atoms with Gasteiger partial charge in [-0.3, -0.25) is 4.79 Å². The molecule has 8 heteroatoms. The number of amides is 1. The van der Waals surface area contributed by atoms with Crippen molar-refractivity contribution in [3.63, 3.8) is 0 Å². The van der Waals surface area contributed by atoms with E-state index in [0.29, 0.717) is 18.0 Å². The Kier molecular flexibility index (Phi) is 4.15. The molecule has 6 rings (SSSR count). The summed E-state index contributed by atoms with van der Waals surface area (Å²) in [4.78, 5) is 28.3. The molecule has 156 valence electrons. The van der Waals surface area contributed by atoms with Gasteiger partial charge in [-0.2, -0.15) is 0 Å². The Morgan fingerprint density at radius 1 is 1.13 bits per heavy atom. The zero-order valence-electron chi connectivity index (χ0n) is 16.5. The number of carbonyl (C=O) groups is 1. The lowest BCUT2D eigenvalue weighted by Gasteiger charge is -2.48. The maximum absolute atomic E-state index is 14.8. The molecule has 1 amide bonds. The van der Waals surface area contributed by atoms with Crippen molar-refractivity contribution in [2.45, 2.75) is 24.9 Å². The Labute approximate surface area is 187 Å². The molecular formula is C23H19BrFN5O. The maximum atomic E-state index is 14.8. The largest absolute Gasteiger partial charge is 0.365 e. The van der Waals surface area contributed by atoms with E-state index in [1.165, 1.54) is 6.07 Å². The fraction of sp³-hybridized carbons (Fsp3) is 0.304. The number of nitrogens with zero attached hydrogens (tertiary/aromatic N) is 4. The summed E-state index contributed by atoms with van der Waals surface area (Å²) < 4.78 is 15.7. The molecule has 1 aromatic carbocycles. The molecular weight excluding hydrogens is 461 g/mol. The quantitative estimate of drug-likeness (QED) is 0.608. The smallest absolute Gasteiger partial charge is 0.255 e. The molecule has 3 heterocycles. The monoisotopic (exact) mass is 479 g/mol. The van der Waals surface area contributed by atoms with Gasteiger partial charge < -0.3 is 10.2 Å². The summed E-state index contributed by atoms with van der Waals surface area (Å²) in [6.07, 6.45) is 7.06. The van der Waals surface area contributed by atoms with Gasteiger partial charge >= 0.3 is 0 Å². The normalized spacial score (nSPS) is 27.8. The van der Waals surface area contributed by atoms with Crippen molar-refractivity contribution in [2.24, 2.45) is 11.3 Å². The summed E-state index contributed by atoms with van der Waals surface area (Å²) in [6.45, 7) is 0.709. The topological polar surface area (TPSA) is 71.0 Å². The van der Waals surface area contributed by atoms with Crippen molar-refractivity contribution in [2.75, 3.05) is 11.9 Å². The van der Waals surface area contributed by atoms with Crippen LogP contribution in [0.15, 0.2) is 59.5 Å². The molecule has 1 spiro atoms. The van der Waals surface area contributed by atoms with E-state index >= 15 is 0 Å². The number of pyridine rings is 1. The Morgan fingerprint density at radius 2 is 1.97 bits per heavy atom. The molecule has 3 fully saturated rings. The molecule has 0 radical (unpaired) electrons. The SMILES string of the molecule is O=C(c1cccc(F)c1-c1ncccn1)N1CC2CC23CC(Nc2ccc(Br)cn2)C13. The highest BCUT2D eigenvalue weighted by atomic mass is 79.9. The Balaban J connectivity index is 1.31. The summed E-state index contributed by atoms with van der Waals surface area (Å²) in [6, 6.07) is 10.4. The molecule has 6 nitrogen and oxygen atoms in total. The summed E-state index contributed by atoms with van der Waals surface area (Å²) in [5.41, 5.74) is 0.690. The number of piperidine rings is 1. The lowest BCUT2D eigenvalue weighted by atomic mass is 9.71. The van der Waals surface area contributed by atoms with Crippen molar-refractivity contribution >= 4 is 27.7 Å². The minimum absolute atomic E-state index is 0.0863. The Morgan fingerprint density at radius 3 is 2.74 bits per heavy atom. The minimum Gasteiger partial charge on any atom is -0.365 e. The van der Waals surface area contributed by atoms with Crippen LogP contribution >= 0.6 is 15.9 Å². The number of hydrogen-bond acceptors (Lipinski definition) is 5. The number of rotatable bonds is 4. The molecule has 0 bridgehead atoms. The average Bonchev–Trinajstić information content (AvgIpc) is 3.43. The lowest BCUT2D eigenvalue weighted by Crippen LogP contribution is -2.60. The molecule has 2 aliphatic carbocycles. The van der Waals surface area contributed by atoms with E-state index in [0.717, 1.165) is 23.1 Å².